The molecular formula is C20H21N3OS. The van der Waals surface area contributed by atoms with Crippen molar-refractivity contribution in [3.05, 3.63) is 72.3 Å². The second-order valence-corrected chi connectivity index (χ2v) is 6.65. The normalized spacial score (nSPS) is 10.6. The summed E-state index contributed by atoms with van der Waals surface area (Å²) < 4.78 is 7.31. The van der Waals surface area contributed by atoms with Crippen molar-refractivity contribution in [2.45, 2.75) is 24.4 Å². The Morgan fingerprint density at radius 2 is 1.96 bits per heavy atom. The highest BCUT2D eigenvalue weighted by Gasteiger charge is 2.13. The van der Waals surface area contributed by atoms with Crippen LogP contribution in [0, 0.1) is 6.92 Å². The number of hydrogen-bond acceptors (Lipinski definition) is 4. The maximum Gasteiger partial charge on any atom is 0.192 e. The number of thioether (sulfide) groups is 1. The van der Waals surface area contributed by atoms with E-state index in [4.69, 9.17) is 4.74 Å². The van der Waals surface area contributed by atoms with Gasteiger partial charge in [0.05, 0.1) is 7.11 Å². The molecule has 0 unspecified atom stereocenters. The van der Waals surface area contributed by atoms with Crippen LogP contribution in [-0.4, -0.2) is 21.9 Å². The fourth-order valence-corrected chi connectivity index (χ4v) is 3.48. The average molecular weight is 351 g/mol. The van der Waals surface area contributed by atoms with Crippen LogP contribution >= 0.6 is 11.8 Å². The monoisotopic (exact) mass is 351 g/mol. The molecule has 0 fully saturated rings. The van der Waals surface area contributed by atoms with Crippen molar-refractivity contribution in [3.8, 4) is 17.1 Å². The number of nitrogens with zero attached hydrogens (tertiary/aromatic N) is 3. The van der Waals surface area contributed by atoms with Gasteiger partial charge in [-0.3, -0.25) is 4.57 Å². The van der Waals surface area contributed by atoms with Crippen molar-refractivity contribution in [2.75, 3.05) is 7.11 Å². The van der Waals surface area contributed by atoms with E-state index in [9.17, 15) is 0 Å². The van der Waals surface area contributed by atoms with Crippen molar-refractivity contribution >= 4 is 11.8 Å². The van der Waals surface area contributed by atoms with Crippen LogP contribution in [0.25, 0.3) is 11.4 Å². The molecule has 0 aliphatic heterocycles. The van der Waals surface area contributed by atoms with Crippen LogP contribution in [0.5, 0.6) is 5.75 Å². The zero-order valence-electron chi connectivity index (χ0n) is 14.5. The van der Waals surface area contributed by atoms with Gasteiger partial charge in [0.25, 0.3) is 0 Å². The summed E-state index contributed by atoms with van der Waals surface area (Å²) in [7, 11) is 1.66. The average Bonchev–Trinajstić information content (AvgIpc) is 3.03. The molecule has 3 rings (SSSR count). The van der Waals surface area contributed by atoms with Gasteiger partial charge in [-0.15, -0.1) is 16.8 Å². The molecule has 0 bridgehead atoms. The van der Waals surface area contributed by atoms with Crippen molar-refractivity contribution in [1.82, 2.24) is 14.8 Å². The van der Waals surface area contributed by atoms with Gasteiger partial charge >= 0.3 is 0 Å². The summed E-state index contributed by atoms with van der Waals surface area (Å²) in [6.45, 7) is 6.64. The number of rotatable bonds is 7. The number of methoxy groups -OCH3 is 1. The smallest absolute Gasteiger partial charge is 0.192 e. The first-order valence-corrected chi connectivity index (χ1v) is 9.06. The predicted molar refractivity (Wildman–Crippen MR) is 103 cm³/mol. The van der Waals surface area contributed by atoms with E-state index in [1.54, 1.807) is 18.9 Å². The fraction of sp³-hybridized carbons (Fsp3) is 0.200. The molecule has 0 aliphatic carbocycles. The lowest BCUT2D eigenvalue weighted by atomic mass is 10.2. The molecule has 0 saturated carbocycles. The lowest BCUT2D eigenvalue weighted by Crippen LogP contribution is -2.00. The quantitative estimate of drug-likeness (QED) is 0.455. The molecule has 128 valence electrons. The van der Waals surface area contributed by atoms with E-state index < -0.39 is 0 Å². The zero-order valence-corrected chi connectivity index (χ0v) is 15.3. The summed E-state index contributed by atoms with van der Waals surface area (Å²) in [4.78, 5) is 0. The van der Waals surface area contributed by atoms with Gasteiger partial charge in [-0.1, -0.05) is 47.7 Å². The Kier molecular flexibility index (Phi) is 5.56. The molecule has 0 spiro atoms. The molecule has 0 saturated heterocycles. The van der Waals surface area contributed by atoms with Gasteiger partial charge in [0.2, 0.25) is 0 Å². The van der Waals surface area contributed by atoms with Gasteiger partial charge in [-0.05, 0) is 36.8 Å². The second-order valence-electron chi connectivity index (χ2n) is 5.71. The third-order valence-corrected chi connectivity index (χ3v) is 4.87. The van der Waals surface area contributed by atoms with Gasteiger partial charge in [0.15, 0.2) is 11.0 Å². The fourth-order valence-electron chi connectivity index (χ4n) is 2.59. The van der Waals surface area contributed by atoms with E-state index in [0.717, 1.165) is 28.0 Å². The highest BCUT2D eigenvalue weighted by molar-refractivity contribution is 7.98. The minimum absolute atomic E-state index is 0.671. The Morgan fingerprint density at radius 3 is 2.64 bits per heavy atom. The highest BCUT2D eigenvalue weighted by Crippen LogP contribution is 2.27. The minimum Gasteiger partial charge on any atom is -0.497 e. The first kappa shape index (κ1) is 17.3. The van der Waals surface area contributed by atoms with E-state index in [0.29, 0.717) is 6.54 Å². The Morgan fingerprint density at radius 1 is 1.16 bits per heavy atom. The number of ether oxygens (including phenoxy) is 1. The molecule has 3 aromatic rings. The molecule has 2 aromatic carbocycles. The SMILES string of the molecule is C=CCn1c(SCc2cccc(C)c2)nnc1-c1ccc(OC)cc1. The van der Waals surface area contributed by atoms with Crippen molar-refractivity contribution in [2.24, 2.45) is 0 Å². The molecule has 4 nitrogen and oxygen atoms in total. The van der Waals surface area contributed by atoms with Crippen molar-refractivity contribution in [3.63, 3.8) is 0 Å². The van der Waals surface area contributed by atoms with E-state index in [1.807, 2.05) is 30.3 Å². The first-order chi connectivity index (χ1) is 12.2. The van der Waals surface area contributed by atoms with Crippen molar-refractivity contribution < 1.29 is 4.74 Å². The number of allylic oxidation sites excluding steroid dienone is 1. The minimum atomic E-state index is 0.671. The third-order valence-electron chi connectivity index (χ3n) is 3.83. The molecule has 1 heterocycles. The molecule has 0 amide bonds. The Labute approximate surface area is 152 Å². The number of benzene rings is 2. The summed E-state index contributed by atoms with van der Waals surface area (Å²) >= 11 is 1.69. The zero-order chi connectivity index (χ0) is 17.6. The van der Waals surface area contributed by atoms with E-state index in [1.165, 1.54) is 11.1 Å². The lowest BCUT2D eigenvalue weighted by Gasteiger charge is -2.08. The molecule has 0 atom stereocenters. The molecule has 25 heavy (non-hydrogen) atoms. The van der Waals surface area contributed by atoms with Crippen LogP contribution in [0.3, 0.4) is 0 Å². The Hall–Kier alpha value is -2.53. The maximum absolute atomic E-state index is 5.22. The maximum atomic E-state index is 5.22. The first-order valence-electron chi connectivity index (χ1n) is 8.08. The second kappa shape index (κ2) is 8.03. The van der Waals surface area contributed by atoms with Gasteiger partial charge in [0, 0.05) is 17.9 Å². The summed E-state index contributed by atoms with van der Waals surface area (Å²) in [6.07, 6.45) is 1.87. The van der Waals surface area contributed by atoms with Crippen LogP contribution in [0.2, 0.25) is 0 Å². The summed E-state index contributed by atoms with van der Waals surface area (Å²) in [6, 6.07) is 16.4. The van der Waals surface area contributed by atoms with Gasteiger partial charge in [0.1, 0.15) is 5.75 Å². The van der Waals surface area contributed by atoms with E-state index in [-0.39, 0.29) is 0 Å². The summed E-state index contributed by atoms with van der Waals surface area (Å²) in [5.74, 6) is 2.53. The Bertz CT molecular complexity index is 856. The number of aromatic nitrogens is 3. The summed E-state index contributed by atoms with van der Waals surface area (Å²) in [5, 5.41) is 9.68. The van der Waals surface area contributed by atoms with Gasteiger partial charge in [-0.2, -0.15) is 0 Å². The lowest BCUT2D eigenvalue weighted by molar-refractivity contribution is 0.415. The van der Waals surface area contributed by atoms with Crippen LogP contribution < -0.4 is 4.74 Å². The molecule has 0 N–H and O–H groups in total. The largest absolute Gasteiger partial charge is 0.497 e. The van der Waals surface area contributed by atoms with Crippen LogP contribution in [0.4, 0.5) is 0 Å². The van der Waals surface area contributed by atoms with E-state index in [2.05, 4.69) is 52.5 Å². The van der Waals surface area contributed by atoms with Crippen molar-refractivity contribution in [1.29, 1.82) is 0 Å². The molecule has 5 heteroatoms. The van der Waals surface area contributed by atoms with Crippen LogP contribution in [0.1, 0.15) is 11.1 Å². The van der Waals surface area contributed by atoms with Crippen LogP contribution in [0.15, 0.2) is 66.3 Å². The third kappa shape index (κ3) is 4.12. The standard InChI is InChI=1S/C20H21N3OS/c1-4-12-23-19(17-8-10-18(24-3)11-9-17)21-22-20(23)25-14-16-7-5-6-15(2)13-16/h4-11,13H,1,12,14H2,2-3H3. The van der Waals surface area contributed by atoms with E-state index >= 15 is 0 Å². The van der Waals surface area contributed by atoms with Gasteiger partial charge < -0.3 is 4.74 Å². The number of hydrogen-bond donors (Lipinski definition) is 0. The number of aryl methyl sites for hydroxylation is 1. The molecule has 0 radical (unpaired) electrons. The topological polar surface area (TPSA) is 39.9 Å². The predicted octanol–water partition coefficient (Wildman–Crippen LogP) is 4.74. The van der Waals surface area contributed by atoms with Crippen LogP contribution in [-0.2, 0) is 12.3 Å². The van der Waals surface area contributed by atoms with Gasteiger partial charge in [-0.25, -0.2) is 0 Å². The molecule has 0 aliphatic rings. The molecule has 1 aromatic heterocycles. The highest BCUT2D eigenvalue weighted by atomic mass is 32.2. The summed E-state index contributed by atoms with van der Waals surface area (Å²) in [5.41, 5.74) is 3.56. The Balaban J connectivity index is 1.84. The molecular weight excluding hydrogens is 330 g/mol.